The lowest BCUT2D eigenvalue weighted by atomic mass is 9.94. The number of fused-ring (bicyclic) bond motifs is 4. The van der Waals surface area contributed by atoms with Gasteiger partial charge >= 0.3 is 6.03 Å². The van der Waals surface area contributed by atoms with Crippen molar-refractivity contribution in [2.24, 2.45) is 5.92 Å². The summed E-state index contributed by atoms with van der Waals surface area (Å²) in [5.41, 5.74) is -0.0599. The first kappa shape index (κ1) is 17.6. The molecule has 0 radical (unpaired) electrons. The van der Waals surface area contributed by atoms with Crippen LogP contribution < -0.4 is 0 Å². The molecule has 0 unspecified atom stereocenters. The fourth-order valence-electron chi connectivity index (χ4n) is 3.74. The zero-order valence-corrected chi connectivity index (χ0v) is 14.8. The standard InChI is InChI=1S/C18H23F2N3O2/c1-11-4-7-14(16(20)15(11)19)17(24)23-9-12-5-6-13(23)10-22(8-12)18(25)21(2)3/h4,7,12-13H,5-6,8-10H2,1-3H3/t12-,13+/m1/s1. The Labute approximate surface area is 146 Å². The number of urea groups is 1. The van der Waals surface area contributed by atoms with Crippen LogP contribution in [0, 0.1) is 24.5 Å². The van der Waals surface area contributed by atoms with Gasteiger partial charge in [0, 0.05) is 39.8 Å². The normalized spacial score (nSPS) is 22.8. The molecular formula is C18H23F2N3O2. The van der Waals surface area contributed by atoms with E-state index in [0.29, 0.717) is 19.6 Å². The molecule has 0 aromatic heterocycles. The third-order valence-corrected chi connectivity index (χ3v) is 5.13. The molecule has 25 heavy (non-hydrogen) atoms. The van der Waals surface area contributed by atoms with Crippen LogP contribution in [0.5, 0.6) is 0 Å². The summed E-state index contributed by atoms with van der Waals surface area (Å²) in [4.78, 5) is 30.0. The van der Waals surface area contributed by atoms with Crippen molar-refractivity contribution in [3.05, 3.63) is 34.9 Å². The number of carbonyl (C=O) groups is 2. The second kappa shape index (κ2) is 6.61. The average molecular weight is 351 g/mol. The highest BCUT2D eigenvalue weighted by Crippen LogP contribution is 2.30. The highest BCUT2D eigenvalue weighted by Gasteiger charge is 2.39. The van der Waals surface area contributed by atoms with Crippen LogP contribution in [-0.2, 0) is 0 Å². The third-order valence-electron chi connectivity index (χ3n) is 5.13. The van der Waals surface area contributed by atoms with E-state index in [1.54, 1.807) is 23.9 Å². The summed E-state index contributed by atoms with van der Waals surface area (Å²) in [7, 11) is 3.39. The Hall–Kier alpha value is -2.18. The largest absolute Gasteiger partial charge is 0.333 e. The van der Waals surface area contributed by atoms with E-state index in [2.05, 4.69) is 0 Å². The van der Waals surface area contributed by atoms with Crippen molar-refractivity contribution in [3.8, 4) is 0 Å². The van der Waals surface area contributed by atoms with Crippen molar-refractivity contribution in [2.75, 3.05) is 33.7 Å². The summed E-state index contributed by atoms with van der Waals surface area (Å²) in [5.74, 6) is -2.41. The third kappa shape index (κ3) is 3.19. The Kier molecular flexibility index (Phi) is 4.67. The minimum absolute atomic E-state index is 0.0845. The second-order valence-corrected chi connectivity index (χ2v) is 7.19. The van der Waals surface area contributed by atoms with Gasteiger partial charge in [-0.05, 0) is 37.3 Å². The van der Waals surface area contributed by atoms with Gasteiger partial charge in [-0.1, -0.05) is 6.07 Å². The number of hydrogen-bond acceptors (Lipinski definition) is 2. The van der Waals surface area contributed by atoms with Gasteiger partial charge in [0.1, 0.15) is 0 Å². The number of halogens is 2. The molecule has 4 rings (SSSR count). The fraction of sp³-hybridized carbons (Fsp3) is 0.556. The van der Waals surface area contributed by atoms with E-state index in [-0.39, 0.29) is 29.1 Å². The van der Waals surface area contributed by atoms with Gasteiger partial charge in [0.2, 0.25) is 0 Å². The highest BCUT2D eigenvalue weighted by molar-refractivity contribution is 5.95. The van der Waals surface area contributed by atoms with E-state index in [1.165, 1.54) is 24.0 Å². The minimum Gasteiger partial charge on any atom is -0.333 e. The molecular weight excluding hydrogens is 328 g/mol. The van der Waals surface area contributed by atoms with Crippen LogP contribution in [0.4, 0.5) is 13.6 Å². The quantitative estimate of drug-likeness (QED) is 0.780. The molecule has 136 valence electrons. The van der Waals surface area contributed by atoms with Crippen LogP contribution in [0.15, 0.2) is 12.1 Å². The summed E-state index contributed by atoms with van der Waals surface area (Å²) in [6.45, 7) is 2.94. The molecule has 0 aliphatic carbocycles. The van der Waals surface area contributed by atoms with E-state index in [1.807, 2.05) is 0 Å². The number of rotatable bonds is 1. The molecule has 1 aromatic carbocycles. The predicted molar refractivity (Wildman–Crippen MR) is 89.3 cm³/mol. The van der Waals surface area contributed by atoms with Crippen molar-refractivity contribution in [1.29, 1.82) is 0 Å². The van der Waals surface area contributed by atoms with E-state index in [4.69, 9.17) is 0 Å². The number of nitrogens with zero attached hydrogens (tertiary/aromatic N) is 3. The van der Waals surface area contributed by atoms with Crippen LogP contribution >= 0.6 is 0 Å². The first-order chi connectivity index (χ1) is 11.8. The van der Waals surface area contributed by atoms with Gasteiger partial charge in [0.05, 0.1) is 5.56 Å². The molecule has 3 amide bonds. The van der Waals surface area contributed by atoms with Crippen molar-refractivity contribution >= 4 is 11.9 Å². The van der Waals surface area contributed by atoms with Crippen LogP contribution in [-0.4, -0.2) is 66.4 Å². The molecule has 2 bridgehead atoms. The maximum atomic E-state index is 14.2. The molecule has 5 nitrogen and oxygen atoms in total. The maximum absolute atomic E-state index is 14.2. The van der Waals surface area contributed by atoms with Crippen molar-refractivity contribution in [3.63, 3.8) is 0 Å². The van der Waals surface area contributed by atoms with Crippen LogP contribution in [0.3, 0.4) is 0 Å². The van der Waals surface area contributed by atoms with E-state index < -0.39 is 17.5 Å². The molecule has 1 aromatic rings. The summed E-state index contributed by atoms with van der Waals surface area (Å²) in [6, 6.07) is 2.51. The van der Waals surface area contributed by atoms with Crippen LogP contribution in [0.2, 0.25) is 0 Å². The predicted octanol–water partition coefficient (Wildman–Crippen LogP) is 2.49. The molecule has 0 saturated carbocycles. The first-order valence-corrected chi connectivity index (χ1v) is 8.51. The zero-order valence-electron chi connectivity index (χ0n) is 14.8. The molecule has 3 aliphatic rings. The number of amides is 3. The van der Waals surface area contributed by atoms with E-state index in [9.17, 15) is 18.4 Å². The lowest BCUT2D eigenvalue weighted by Gasteiger charge is -2.36. The smallest absolute Gasteiger partial charge is 0.319 e. The summed E-state index contributed by atoms with van der Waals surface area (Å²) in [6.07, 6.45) is 1.69. The monoisotopic (exact) mass is 351 g/mol. The van der Waals surface area contributed by atoms with Gasteiger partial charge < -0.3 is 14.7 Å². The van der Waals surface area contributed by atoms with Gasteiger partial charge in [0.25, 0.3) is 5.91 Å². The zero-order chi connectivity index (χ0) is 18.3. The summed E-state index contributed by atoms with van der Waals surface area (Å²) < 4.78 is 28.1. The number of piperidine rings is 1. The summed E-state index contributed by atoms with van der Waals surface area (Å²) in [5, 5.41) is 0. The molecule has 3 heterocycles. The molecule has 3 saturated heterocycles. The molecule has 3 aliphatic heterocycles. The molecule has 2 atom stereocenters. The van der Waals surface area contributed by atoms with Crippen molar-refractivity contribution in [2.45, 2.75) is 25.8 Å². The fourth-order valence-corrected chi connectivity index (χ4v) is 3.74. The number of benzene rings is 1. The van der Waals surface area contributed by atoms with Gasteiger partial charge in [-0.3, -0.25) is 4.79 Å². The molecule has 0 N–H and O–H groups in total. The average Bonchev–Trinajstić information content (AvgIpc) is 2.90. The molecule has 7 heteroatoms. The Balaban J connectivity index is 1.86. The van der Waals surface area contributed by atoms with E-state index in [0.717, 1.165) is 12.8 Å². The van der Waals surface area contributed by atoms with Gasteiger partial charge in [-0.2, -0.15) is 0 Å². The highest BCUT2D eigenvalue weighted by atomic mass is 19.2. The number of aryl methyl sites for hydroxylation is 1. The number of hydrogen-bond donors (Lipinski definition) is 0. The number of carbonyl (C=O) groups excluding carboxylic acids is 2. The topological polar surface area (TPSA) is 43.9 Å². The molecule has 0 spiro atoms. The second-order valence-electron chi connectivity index (χ2n) is 7.19. The van der Waals surface area contributed by atoms with Gasteiger partial charge in [0.15, 0.2) is 11.6 Å². The lowest BCUT2D eigenvalue weighted by Crippen LogP contribution is -2.48. The Morgan fingerprint density at radius 2 is 1.80 bits per heavy atom. The lowest BCUT2D eigenvalue weighted by molar-refractivity contribution is 0.0580. The SMILES string of the molecule is Cc1ccc(C(=O)N2C[C@@H]3CC[C@H]2CN(C(=O)N(C)C)C3)c(F)c1F. The van der Waals surface area contributed by atoms with Crippen LogP contribution in [0.25, 0.3) is 0 Å². The minimum atomic E-state index is -1.09. The summed E-state index contributed by atoms with van der Waals surface area (Å²) >= 11 is 0. The van der Waals surface area contributed by atoms with Crippen molar-refractivity contribution < 1.29 is 18.4 Å². The Morgan fingerprint density at radius 1 is 1.08 bits per heavy atom. The van der Waals surface area contributed by atoms with E-state index >= 15 is 0 Å². The maximum Gasteiger partial charge on any atom is 0.319 e. The van der Waals surface area contributed by atoms with Gasteiger partial charge in [-0.15, -0.1) is 0 Å². The Bertz CT molecular complexity index is 708. The first-order valence-electron chi connectivity index (χ1n) is 8.51. The molecule has 3 fully saturated rings. The van der Waals surface area contributed by atoms with Crippen molar-refractivity contribution in [1.82, 2.24) is 14.7 Å². The van der Waals surface area contributed by atoms with Crippen LogP contribution in [0.1, 0.15) is 28.8 Å². The van der Waals surface area contributed by atoms with Gasteiger partial charge in [-0.25, -0.2) is 13.6 Å². The Morgan fingerprint density at radius 3 is 2.48 bits per heavy atom.